The highest BCUT2D eigenvalue weighted by Crippen LogP contribution is 2.26. The van der Waals surface area contributed by atoms with Gasteiger partial charge in [-0.25, -0.2) is 4.68 Å². The Kier molecular flexibility index (Phi) is 9.04. The van der Waals surface area contributed by atoms with Gasteiger partial charge in [0.1, 0.15) is 0 Å². The molecule has 0 unspecified atom stereocenters. The fourth-order valence-corrected chi connectivity index (χ4v) is 4.18. The van der Waals surface area contributed by atoms with Crippen LogP contribution in [-0.4, -0.2) is 46.6 Å². The topological polar surface area (TPSA) is 80.4 Å². The average molecular weight is 509 g/mol. The zero-order chi connectivity index (χ0) is 26.9. The van der Waals surface area contributed by atoms with E-state index in [0.717, 1.165) is 28.1 Å². The second-order valence-corrected chi connectivity index (χ2v) is 8.86. The molecule has 0 N–H and O–H groups in total. The van der Waals surface area contributed by atoms with E-state index >= 15 is 0 Å². The van der Waals surface area contributed by atoms with Crippen LogP contribution < -0.4 is 0 Å². The van der Waals surface area contributed by atoms with Crippen LogP contribution in [0.1, 0.15) is 41.0 Å². The first-order chi connectivity index (χ1) is 18.5. The van der Waals surface area contributed by atoms with Crippen LogP contribution in [0.2, 0.25) is 0 Å². The fraction of sp³-hybridized carbons (Fsp3) is 0.258. The molecule has 1 aromatic heterocycles. The Balaban J connectivity index is 1.75. The number of carbonyl (C=O) groups excluding carboxylic acids is 1. The predicted octanol–water partition coefficient (Wildman–Crippen LogP) is 5.76. The number of benzene rings is 3. The van der Waals surface area contributed by atoms with Crippen molar-refractivity contribution in [2.75, 3.05) is 19.8 Å². The predicted molar refractivity (Wildman–Crippen MR) is 147 cm³/mol. The zero-order valence-electron chi connectivity index (χ0n) is 22.0. The fourth-order valence-electron chi connectivity index (χ4n) is 4.18. The van der Waals surface area contributed by atoms with Crippen molar-refractivity contribution in [3.05, 3.63) is 107 Å². The summed E-state index contributed by atoms with van der Waals surface area (Å²) in [5.41, 5.74) is 5.46. The van der Waals surface area contributed by atoms with Crippen molar-refractivity contribution in [1.82, 2.24) is 14.7 Å². The molecule has 0 saturated carbocycles. The minimum absolute atomic E-state index is 0.223. The van der Waals surface area contributed by atoms with Crippen LogP contribution in [0.3, 0.4) is 0 Å². The molecule has 194 valence electrons. The molecule has 38 heavy (non-hydrogen) atoms. The van der Waals surface area contributed by atoms with E-state index < -0.39 is 6.29 Å². The maximum Gasteiger partial charge on any atom is 0.274 e. The molecule has 0 aliphatic heterocycles. The normalized spacial score (nSPS) is 10.9. The highest BCUT2D eigenvalue weighted by Gasteiger charge is 2.25. The summed E-state index contributed by atoms with van der Waals surface area (Å²) in [5, 5.41) is 14.0. The summed E-state index contributed by atoms with van der Waals surface area (Å²) < 4.78 is 13.3. The van der Waals surface area contributed by atoms with E-state index in [1.54, 1.807) is 27.8 Å². The third-order valence-corrected chi connectivity index (χ3v) is 6.09. The molecule has 1 amide bonds. The first kappa shape index (κ1) is 26.8. The van der Waals surface area contributed by atoms with Crippen LogP contribution in [0.4, 0.5) is 0 Å². The van der Waals surface area contributed by atoms with Crippen molar-refractivity contribution in [2.45, 2.75) is 33.6 Å². The molecule has 0 radical (unpaired) electrons. The Hall–Kier alpha value is -4.25. The number of nitriles is 1. The summed E-state index contributed by atoms with van der Waals surface area (Å²) in [5.74, 6) is -0.223. The van der Waals surface area contributed by atoms with Crippen LogP contribution in [0.5, 0.6) is 0 Å². The Labute approximate surface area is 223 Å². The van der Waals surface area contributed by atoms with Gasteiger partial charge in [-0.3, -0.25) is 4.79 Å². The van der Waals surface area contributed by atoms with Gasteiger partial charge in [0.15, 0.2) is 12.0 Å². The Morgan fingerprint density at radius 1 is 0.974 bits per heavy atom. The van der Waals surface area contributed by atoms with Crippen molar-refractivity contribution < 1.29 is 14.3 Å². The lowest BCUT2D eigenvalue weighted by Crippen LogP contribution is -2.39. The molecule has 3 aromatic carbocycles. The standard InChI is InChI=1S/C31H32N4O3/c1-4-37-30(38-5-2)22-34(21-25-9-7-6-8-10-25)31(36)28-19-29(26-15-13-24(20-32)14-16-26)35(33-28)27-17-11-23(3)12-18-27/h6-19,30H,4-5,21-22H2,1-3H3. The van der Waals surface area contributed by atoms with Gasteiger partial charge in [0, 0.05) is 25.3 Å². The van der Waals surface area contributed by atoms with Crippen molar-refractivity contribution in [3.8, 4) is 23.0 Å². The quantitative estimate of drug-likeness (QED) is 0.241. The average Bonchev–Trinajstić information content (AvgIpc) is 3.39. The molecular formula is C31H32N4O3. The highest BCUT2D eigenvalue weighted by atomic mass is 16.7. The number of nitrogens with zero attached hydrogens (tertiary/aromatic N) is 4. The van der Waals surface area contributed by atoms with Crippen molar-refractivity contribution in [3.63, 3.8) is 0 Å². The van der Waals surface area contributed by atoms with Crippen molar-refractivity contribution in [1.29, 1.82) is 5.26 Å². The zero-order valence-corrected chi connectivity index (χ0v) is 22.0. The largest absolute Gasteiger partial charge is 0.351 e. The maximum atomic E-state index is 14.0. The van der Waals surface area contributed by atoms with Gasteiger partial charge < -0.3 is 14.4 Å². The Morgan fingerprint density at radius 3 is 2.24 bits per heavy atom. The molecule has 1 heterocycles. The highest BCUT2D eigenvalue weighted by molar-refractivity contribution is 5.93. The monoisotopic (exact) mass is 508 g/mol. The van der Waals surface area contributed by atoms with Crippen LogP contribution in [0.15, 0.2) is 84.9 Å². The van der Waals surface area contributed by atoms with Gasteiger partial charge in [0.25, 0.3) is 5.91 Å². The van der Waals surface area contributed by atoms with Gasteiger partial charge >= 0.3 is 0 Å². The van der Waals surface area contributed by atoms with Crippen LogP contribution in [0, 0.1) is 18.3 Å². The van der Waals surface area contributed by atoms with Gasteiger partial charge in [-0.15, -0.1) is 0 Å². The number of hydrogen-bond donors (Lipinski definition) is 0. The molecule has 0 aliphatic carbocycles. The number of aryl methyl sites for hydroxylation is 1. The summed E-state index contributed by atoms with van der Waals surface area (Å²) >= 11 is 0. The number of rotatable bonds is 11. The molecular weight excluding hydrogens is 476 g/mol. The Bertz CT molecular complexity index is 1370. The van der Waals surface area contributed by atoms with Gasteiger partial charge in [0.2, 0.25) is 0 Å². The number of hydrogen-bond acceptors (Lipinski definition) is 5. The molecule has 4 rings (SSSR count). The SMILES string of the molecule is CCOC(CN(Cc1ccccc1)C(=O)c1cc(-c2ccc(C#N)cc2)n(-c2ccc(C)cc2)n1)OCC. The number of carbonyl (C=O) groups is 1. The third kappa shape index (κ3) is 6.54. The molecule has 7 nitrogen and oxygen atoms in total. The van der Waals surface area contributed by atoms with Gasteiger partial charge in [0.05, 0.1) is 29.6 Å². The van der Waals surface area contributed by atoms with E-state index in [4.69, 9.17) is 14.6 Å². The third-order valence-electron chi connectivity index (χ3n) is 6.09. The maximum absolute atomic E-state index is 14.0. The second kappa shape index (κ2) is 12.8. The van der Waals surface area contributed by atoms with Crippen LogP contribution in [0.25, 0.3) is 16.9 Å². The molecule has 0 aliphatic rings. The molecule has 0 saturated heterocycles. The summed E-state index contributed by atoms with van der Waals surface area (Å²) in [6, 6.07) is 29.0. The van der Waals surface area contributed by atoms with Crippen molar-refractivity contribution in [2.24, 2.45) is 0 Å². The van der Waals surface area contributed by atoms with E-state index in [0.29, 0.717) is 31.0 Å². The van der Waals surface area contributed by atoms with E-state index in [2.05, 4.69) is 6.07 Å². The van der Waals surface area contributed by atoms with Crippen LogP contribution >= 0.6 is 0 Å². The minimum Gasteiger partial charge on any atom is -0.351 e. The molecule has 0 atom stereocenters. The molecule has 0 spiro atoms. The van der Waals surface area contributed by atoms with E-state index in [9.17, 15) is 10.1 Å². The number of aromatic nitrogens is 2. The second-order valence-electron chi connectivity index (χ2n) is 8.86. The van der Waals surface area contributed by atoms with Gasteiger partial charge in [-0.2, -0.15) is 10.4 Å². The number of ether oxygens (including phenoxy) is 2. The Morgan fingerprint density at radius 2 is 1.63 bits per heavy atom. The summed E-state index contributed by atoms with van der Waals surface area (Å²) in [6.45, 7) is 7.44. The molecule has 4 aromatic rings. The lowest BCUT2D eigenvalue weighted by Gasteiger charge is -2.27. The van der Waals surface area contributed by atoms with E-state index in [1.807, 2.05) is 87.5 Å². The van der Waals surface area contributed by atoms with Gasteiger partial charge in [-0.05, 0) is 56.7 Å². The van der Waals surface area contributed by atoms with Crippen molar-refractivity contribution >= 4 is 5.91 Å². The lowest BCUT2D eigenvalue weighted by molar-refractivity contribution is -0.144. The first-order valence-corrected chi connectivity index (χ1v) is 12.8. The summed E-state index contributed by atoms with van der Waals surface area (Å²) in [7, 11) is 0. The lowest BCUT2D eigenvalue weighted by atomic mass is 10.1. The molecule has 7 heteroatoms. The number of amides is 1. The van der Waals surface area contributed by atoms with E-state index in [1.165, 1.54) is 0 Å². The van der Waals surface area contributed by atoms with E-state index in [-0.39, 0.29) is 12.5 Å². The van der Waals surface area contributed by atoms with Crippen LogP contribution in [-0.2, 0) is 16.0 Å². The summed E-state index contributed by atoms with van der Waals surface area (Å²) in [4.78, 5) is 15.7. The van der Waals surface area contributed by atoms with Gasteiger partial charge in [-0.1, -0.05) is 60.2 Å². The molecule has 0 fully saturated rings. The first-order valence-electron chi connectivity index (χ1n) is 12.8. The molecule has 0 bridgehead atoms. The minimum atomic E-state index is -0.546. The smallest absolute Gasteiger partial charge is 0.274 e. The summed E-state index contributed by atoms with van der Waals surface area (Å²) in [6.07, 6.45) is -0.546.